The van der Waals surface area contributed by atoms with E-state index in [1.54, 1.807) is 6.92 Å². The Bertz CT molecular complexity index is 528. The monoisotopic (exact) mass is 503 g/mol. The summed E-state index contributed by atoms with van der Waals surface area (Å²) in [4.78, 5) is 18.4. The van der Waals surface area contributed by atoms with Crippen LogP contribution in [-0.2, 0) is 14.8 Å². The van der Waals surface area contributed by atoms with Crippen molar-refractivity contribution in [3.8, 4) is 0 Å². The molecule has 154 valence electrons. The SMILES string of the molecule is CCNC(=NCCCN1CCCCCC1=O)NCCNS(=O)(=O)CC.I. The highest BCUT2D eigenvalue weighted by Crippen LogP contribution is 2.11. The molecule has 3 N–H and O–H groups in total. The van der Waals surface area contributed by atoms with E-state index in [9.17, 15) is 13.2 Å². The highest BCUT2D eigenvalue weighted by atomic mass is 127. The number of sulfonamides is 1. The average Bonchev–Trinajstić information content (AvgIpc) is 2.79. The Hall–Kier alpha value is -0.620. The Morgan fingerprint density at radius 2 is 1.92 bits per heavy atom. The summed E-state index contributed by atoms with van der Waals surface area (Å²) in [6.07, 6.45) is 4.72. The maximum atomic E-state index is 11.9. The fourth-order valence-corrected chi connectivity index (χ4v) is 3.18. The Morgan fingerprint density at radius 1 is 1.15 bits per heavy atom. The van der Waals surface area contributed by atoms with Crippen molar-refractivity contribution in [1.29, 1.82) is 0 Å². The second kappa shape index (κ2) is 14.4. The zero-order chi connectivity index (χ0) is 18.5. The van der Waals surface area contributed by atoms with Crippen LogP contribution in [0.4, 0.5) is 0 Å². The molecule has 0 saturated carbocycles. The highest BCUT2D eigenvalue weighted by molar-refractivity contribution is 14.0. The van der Waals surface area contributed by atoms with Crippen LogP contribution in [0.15, 0.2) is 4.99 Å². The van der Waals surface area contributed by atoms with Gasteiger partial charge in [0, 0.05) is 45.7 Å². The number of likely N-dealkylation sites (tertiary alicyclic amines) is 1. The lowest BCUT2D eigenvalue weighted by Gasteiger charge is -2.20. The van der Waals surface area contributed by atoms with Gasteiger partial charge in [-0.2, -0.15) is 0 Å². The maximum absolute atomic E-state index is 11.9. The molecule has 1 fully saturated rings. The number of carbonyl (C=O) groups is 1. The van der Waals surface area contributed by atoms with Crippen LogP contribution in [0, 0.1) is 0 Å². The third-order valence-electron chi connectivity index (χ3n) is 3.99. The van der Waals surface area contributed by atoms with E-state index < -0.39 is 10.0 Å². The molecule has 0 bridgehead atoms. The van der Waals surface area contributed by atoms with Crippen LogP contribution in [0.25, 0.3) is 0 Å². The number of amides is 1. The Balaban J connectivity index is 0.00000625. The Labute approximate surface area is 175 Å². The van der Waals surface area contributed by atoms with Gasteiger partial charge in [0.05, 0.1) is 5.75 Å². The summed E-state index contributed by atoms with van der Waals surface area (Å²) in [5.74, 6) is 1.01. The predicted molar refractivity (Wildman–Crippen MR) is 117 cm³/mol. The molecular weight excluding hydrogens is 469 g/mol. The van der Waals surface area contributed by atoms with Gasteiger partial charge in [0.15, 0.2) is 5.96 Å². The third kappa shape index (κ3) is 11.2. The molecule has 0 aromatic rings. The predicted octanol–water partition coefficient (Wildman–Crippen LogP) is 0.892. The quantitative estimate of drug-likeness (QED) is 0.178. The van der Waals surface area contributed by atoms with E-state index in [0.717, 1.165) is 45.3 Å². The largest absolute Gasteiger partial charge is 0.357 e. The second-order valence-electron chi connectivity index (χ2n) is 6.03. The van der Waals surface area contributed by atoms with Gasteiger partial charge < -0.3 is 15.5 Å². The first-order valence-electron chi connectivity index (χ1n) is 9.25. The molecule has 0 radical (unpaired) electrons. The number of guanidine groups is 1. The highest BCUT2D eigenvalue weighted by Gasteiger charge is 2.15. The van der Waals surface area contributed by atoms with Gasteiger partial charge in [0.1, 0.15) is 0 Å². The first kappa shape index (κ1) is 25.4. The van der Waals surface area contributed by atoms with Crippen LogP contribution in [0.3, 0.4) is 0 Å². The van der Waals surface area contributed by atoms with Crippen LogP contribution in [0.2, 0.25) is 0 Å². The van der Waals surface area contributed by atoms with Crippen molar-refractivity contribution in [3.05, 3.63) is 0 Å². The average molecular weight is 503 g/mol. The minimum absolute atomic E-state index is 0. The van der Waals surface area contributed by atoms with Gasteiger partial charge >= 0.3 is 0 Å². The summed E-state index contributed by atoms with van der Waals surface area (Å²) in [7, 11) is -3.16. The van der Waals surface area contributed by atoms with E-state index in [0.29, 0.717) is 32.0 Å². The van der Waals surface area contributed by atoms with Crippen molar-refractivity contribution in [3.63, 3.8) is 0 Å². The number of hydrogen-bond donors (Lipinski definition) is 3. The molecule has 0 aromatic carbocycles. The molecule has 0 unspecified atom stereocenters. The van der Waals surface area contributed by atoms with Crippen LogP contribution in [-0.4, -0.2) is 70.2 Å². The van der Waals surface area contributed by atoms with Gasteiger partial charge in [0.25, 0.3) is 0 Å². The van der Waals surface area contributed by atoms with E-state index in [2.05, 4.69) is 20.3 Å². The molecule has 1 amide bonds. The summed E-state index contributed by atoms with van der Waals surface area (Å²) < 4.78 is 25.2. The lowest BCUT2D eigenvalue weighted by atomic mass is 10.2. The zero-order valence-corrected chi connectivity index (χ0v) is 19.1. The lowest BCUT2D eigenvalue weighted by molar-refractivity contribution is -0.130. The van der Waals surface area contributed by atoms with E-state index in [1.807, 2.05) is 11.8 Å². The van der Waals surface area contributed by atoms with E-state index in [4.69, 9.17) is 0 Å². The molecule has 0 spiro atoms. The standard InChI is InChI=1S/C16H33N5O3S.HI/c1-3-17-16(19-11-12-20-25(23,24)4-2)18-10-8-14-21-13-7-5-6-9-15(21)22;/h20H,3-14H2,1-2H3,(H2,17,18,19);1H. The molecule has 1 heterocycles. The van der Waals surface area contributed by atoms with Crippen LogP contribution >= 0.6 is 24.0 Å². The van der Waals surface area contributed by atoms with E-state index in [-0.39, 0.29) is 35.6 Å². The van der Waals surface area contributed by atoms with Gasteiger partial charge in [-0.1, -0.05) is 6.42 Å². The number of aliphatic imine (C=N–C) groups is 1. The van der Waals surface area contributed by atoms with Gasteiger partial charge in [-0.15, -0.1) is 24.0 Å². The molecule has 0 aliphatic carbocycles. The van der Waals surface area contributed by atoms with Crippen molar-refractivity contribution in [2.75, 3.05) is 45.0 Å². The molecule has 1 rings (SSSR count). The fourth-order valence-electron chi connectivity index (χ4n) is 2.56. The molecule has 10 heteroatoms. The summed E-state index contributed by atoms with van der Waals surface area (Å²) in [6, 6.07) is 0. The van der Waals surface area contributed by atoms with Crippen molar-refractivity contribution in [2.24, 2.45) is 4.99 Å². The first-order valence-corrected chi connectivity index (χ1v) is 10.9. The van der Waals surface area contributed by atoms with E-state index >= 15 is 0 Å². The maximum Gasteiger partial charge on any atom is 0.222 e. The van der Waals surface area contributed by atoms with Crippen LogP contribution in [0.1, 0.15) is 46.0 Å². The molecule has 1 aliphatic rings. The molecular formula is C16H34IN5O3S. The van der Waals surface area contributed by atoms with Crippen LogP contribution in [0.5, 0.6) is 0 Å². The molecule has 0 aromatic heterocycles. The molecule has 8 nitrogen and oxygen atoms in total. The van der Waals surface area contributed by atoms with Crippen molar-refractivity contribution < 1.29 is 13.2 Å². The number of nitrogens with zero attached hydrogens (tertiary/aromatic N) is 2. The van der Waals surface area contributed by atoms with E-state index in [1.165, 1.54) is 0 Å². The summed E-state index contributed by atoms with van der Waals surface area (Å²) in [5, 5.41) is 6.24. The lowest BCUT2D eigenvalue weighted by Crippen LogP contribution is -2.42. The summed E-state index contributed by atoms with van der Waals surface area (Å²) in [6.45, 7) is 7.34. The normalized spacial score (nSPS) is 16.0. The number of hydrogen-bond acceptors (Lipinski definition) is 4. The minimum atomic E-state index is -3.16. The van der Waals surface area contributed by atoms with Crippen molar-refractivity contribution in [2.45, 2.75) is 46.0 Å². The summed E-state index contributed by atoms with van der Waals surface area (Å²) in [5.41, 5.74) is 0. The van der Waals surface area contributed by atoms with Crippen LogP contribution < -0.4 is 15.4 Å². The smallest absolute Gasteiger partial charge is 0.222 e. The van der Waals surface area contributed by atoms with Gasteiger partial charge in [-0.25, -0.2) is 13.1 Å². The number of halogens is 1. The van der Waals surface area contributed by atoms with Crippen molar-refractivity contribution >= 4 is 45.9 Å². The fraction of sp³-hybridized carbons (Fsp3) is 0.875. The first-order chi connectivity index (χ1) is 12.0. The second-order valence-corrected chi connectivity index (χ2v) is 8.13. The van der Waals surface area contributed by atoms with Gasteiger partial charge in [-0.05, 0) is 33.1 Å². The molecule has 26 heavy (non-hydrogen) atoms. The minimum Gasteiger partial charge on any atom is -0.357 e. The zero-order valence-electron chi connectivity index (χ0n) is 15.9. The number of rotatable bonds is 10. The molecule has 0 atom stereocenters. The number of carbonyl (C=O) groups excluding carboxylic acids is 1. The Morgan fingerprint density at radius 3 is 2.62 bits per heavy atom. The molecule has 1 aliphatic heterocycles. The van der Waals surface area contributed by atoms with Crippen molar-refractivity contribution in [1.82, 2.24) is 20.3 Å². The topological polar surface area (TPSA) is 103 Å². The van der Waals surface area contributed by atoms with Gasteiger partial charge in [0.2, 0.25) is 15.9 Å². The molecule has 1 saturated heterocycles. The summed E-state index contributed by atoms with van der Waals surface area (Å²) >= 11 is 0. The van der Waals surface area contributed by atoms with Gasteiger partial charge in [-0.3, -0.25) is 9.79 Å². The Kier molecular flexibility index (Phi) is 14.1. The third-order valence-corrected chi connectivity index (χ3v) is 5.40. The number of nitrogens with one attached hydrogen (secondary N) is 3.